The molecule has 0 aliphatic carbocycles. The Morgan fingerprint density at radius 3 is 2.27 bits per heavy atom. The number of rotatable bonds is 6. The monoisotopic (exact) mass is 404 g/mol. The minimum absolute atomic E-state index is 0.185. The second-order valence-corrected chi connectivity index (χ2v) is 6.44. The zero-order valence-electron chi connectivity index (χ0n) is 16.5. The van der Waals surface area contributed by atoms with Gasteiger partial charge in [-0.05, 0) is 49.4 Å². The molecule has 0 radical (unpaired) electrons. The molecule has 0 fully saturated rings. The number of benzene rings is 2. The molecule has 0 saturated heterocycles. The SMILES string of the molecule is CC(=O)Nc1ccc(NC(=O)C(C)OC(=O)/C=C/c2cnc3ccccc3n2)cc1. The molecule has 0 saturated carbocycles. The third-order valence-corrected chi connectivity index (χ3v) is 3.99. The number of hydrogen-bond donors (Lipinski definition) is 2. The van der Waals surface area contributed by atoms with E-state index in [1.54, 1.807) is 30.5 Å². The van der Waals surface area contributed by atoms with E-state index in [4.69, 9.17) is 4.74 Å². The summed E-state index contributed by atoms with van der Waals surface area (Å²) >= 11 is 0. The Morgan fingerprint density at radius 1 is 0.967 bits per heavy atom. The average Bonchev–Trinajstić information content (AvgIpc) is 2.73. The number of carbonyl (C=O) groups is 3. The predicted octanol–water partition coefficient (Wildman–Crippen LogP) is 3.17. The molecule has 1 unspecified atom stereocenters. The van der Waals surface area contributed by atoms with E-state index in [0.717, 1.165) is 5.52 Å². The van der Waals surface area contributed by atoms with Crippen molar-refractivity contribution in [3.63, 3.8) is 0 Å². The summed E-state index contributed by atoms with van der Waals surface area (Å²) in [5, 5.41) is 5.28. The summed E-state index contributed by atoms with van der Waals surface area (Å²) in [6.07, 6.45) is 3.23. The third-order valence-electron chi connectivity index (χ3n) is 3.99. The maximum absolute atomic E-state index is 12.2. The molecule has 0 aliphatic rings. The molecule has 3 aromatic rings. The minimum Gasteiger partial charge on any atom is -0.449 e. The second-order valence-electron chi connectivity index (χ2n) is 6.44. The van der Waals surface area contributed by atoms with E-state index in [1.165, 1.54) is 26.0 Å². The maximum atomic E-state index is 12.2. The molecule has 2 amide bonds. The zero-order chi connectivity index (χ0) is 21.5. The van der Waals surface area contributed by atoms with Crippen molar-refractivity contribution in [2.75, 3.05) is 10.6 Å². The van der Waals surface area contributed by atoms with Gasteiger partial charge in [-0.3, -0.25) is 14.6 Å². The molecule has 8 heteroatoms. The fourth-order valence-electron chi connectivity index (χ4n) is 2.56. The van der Waals surface area contributed by atoms with E-state index in [2.05, 4.69) is 20.6 Å². The van der Waals surface area contributed by atoms with Gasteiger partial charge in [0.05, 0.1) is 22.9 Å². The smallest absolute Gasteiger partial charge is 0.331 e. The first-order chi connectivity index (χ1) is 14.4. The summed E-state index contributed by atoms with van der Waals surface area (Å²) in [5.41, 5.74) is 3.10. The number of nitrogens with zero attached hydrogens (tertiary/aromatic N) is 2. The Morgan fingerprint density at radius 2 is 1.60 bits per heavy atom. The van der Waals surface area contributed by atoms with E-state index in [0.29, 0.717) is 22.6 Å². The first-order valence-electron chi connectivity index (χ1n) is 9.20. The van der Waals surface area contributed by atoms with Crippen molar-refractivity contribution in [1.82, 2.24) is 9.97 Å². The van der Waals surface area contributed by atoms with Gasteiger partial charge in [0.25, 0.3) is 5.91 Å². The standard InChI is InChI=1S/C22H20N4O4/c1-14(22(29)26-17-9-7-16(8-10-17)24-15(2)27)30-21(28)12-11-18-13-23-19-5-3-4-6-20(19)25-18/h3-14H,1-2H3,(H,24,27)(H,26,29)/b12-11+. The summed E-state index contributed by atoms with van der Waals surface area (Å²) < 4.78 is 5.13. The van der Waals surface area contributed by atoms with E-state index >= 15 is 0 Å². The molecular formula is C22H20N4O4. The fraction of sp³-hybridized carbons (Fsp3) is 0.136. The number of carbonyl (C=O) groups excluding carboxylic acids is 3. The van der Waals surface area contributed by atoms with Crippen LogP contribution >= 0.6 is 0 Å². The topological polar surface area (TPSA) is 110 Å². The van der Waals surface area contributed by atoms with Crippen LogP contribution in [0, 0.1) is 0 Å². The highest BCUT2D eigenvalue weighted by Crippen LogP contribution is 2.14. The van der Waals surface area contributed by atoms with Gasteiger partial charge in [0.1, 0.15) is 0 Å². The second kappa shape index (κ2) is 9.42. The molecule has 3 rings (SSSR count). The Balaban J connectivity index is 1.54. The molecule has 1 heterocycles. The number of aromatic nitrogens is 2. The normalized spacial score (nSPS) is 11.8. The molecule has 0 aliphatic heterocycles. The molecule has 0 bridgehead atoms. The van der Waals surface area contributed by atoms with Crippen molar-refractivity contribution in [3.05, 3.63) is 66.5 Å². The molecule has 1 atom stereocenters. The number of para-hydroxylation sites is 2. The molecule has 8 nitrogen and oxygen atoms in total. The predicted molar refractivity (Wildman–Crippen MR) is 114 cm³/mol. The van der Waals surface area contributed by atoms with Gasteiger partial charge in [0.2, 0.25) is 5.91 Å². The van der Waals surface area contributed by atoms with E-state index < -0.39 is 18.0 Å². The number of esters is 1. The lowest BCUT2D eigenvalue weighted by Crippen LogP contribution is -2.29. The quantitative estimate of drug-likeness (QED) is 0.482. The van der Waals surface area contributed by atoms with Crippen LogP contribution in [0.2, 0.25) is 0 Å². The molecule has 2 N–H and O–H groups in total. The third kappa shape index (κ3) is 5.71. The van der Waals surface area contributed by atoms with E-state index in [-0.39, 0.29) is 5.91 Å². The van der Waals surface area contributed by atoms with Gasteiger partial charge >= 0.3 is 5.97 Å². The van der Waals surface area contributed by atoms with Crippen LogP contribution in [-0.4, -0.2) is 33.9 Å². The highest BCUT2D eigenvalue weighted by Gasteiger charge is 2.16. The summed E-state index contributed by atoms with van der Waals surface area (Å²) in [7, 11) is 0. The Bertz CT molecular complexity index is 1110. The van der Waals surface area contributed by atoms with E-state index in [9.17, 15) is 14.4 Å². The first-order valence-corrected chi connectivity index (χ1v) is 9.20. The molecular weight excluding hydrogens is 384 g/mol. The molecule has 152 valence electrons. The van der Waals surface area contributed by atoms with Crippen LogP contribution in [0.1, 0.15) is 19.5 Å². The summed E-state index contributed by atoms with van der Waals surface area (Å²) in [5.74, 6) is -1.34. The summed E-state index contributed by atoms with van der Waals surface area (Å²) in [6, 6.07) is 14.0. The van der Waals surface area contributed by atoms with Crippen molar-refractivity contribution >= 4 is 46.3 Å². The average molecular weight is 404 g/mol. The zero-order valence-corrected chi connectivity index (χ0v) is 16.5. The summed E-state index contributed by atoms with van der Waals surface area (Å²) in [4.78, 5) is 43.9. The van der Waals surface area contributed by atoms with Gasteiger partial charge in [0, 0.05) is 24.4 Å². The fourth-order valence-corrected chi connectivity index (χ4v) is 2.56. The minimum atomic E-state index is -1.00. The lowest BCUT2D eigenvalue weighted by atomic mass is 10.2. The van der Waals surface area contributed by atoms with Gasteiger partial charge in [-0.25, -0.2) is 9.78 Å². The van der Waals surface area contributed by atoms with Crippen LogP contribution in [0.15, 0.2) is 60.8 Å². The first kappa shape index (κ1) is 20.7. The lowest BCUT2D eigenvalue weighted by Gasteiger charge is -2.12. The van der Waals surface area contributed by atoms with Crippen LogP contribution in [0.25, 0.3) is 17.1 Å². The van der Waals surface area contributed by atoms with Crippen molar-refractivity contribution in [3.8, 4) is 0 Å². The Labute approximate surface area is 173 Å². The largest absolute Gasteiger partial charge is 0.449 e. The van der Waals surface area contributed by atoms with Gasteiger partial charge in [-0.2, -0.15) is 0 Å². The Kier molecular flexibility index (Phi) is 6.49. The van der Waals surface area contributed by atoms with Gasteiger partial charge < -0.3 is 15.4 Å². The molecule has 2 aromatic carbocycles. The molecule has 30 heavy (non-hydrogen) atoms. The lowest BCUT2D eigenvalue weighted by molar-refractivity contribution is -0.148. The van der Waals surface area contributed by atoms with Crippen molar-refractivity contribution in [2.45, 2.75) is 20.0 Å². The Hall–Kier alpha value is -4.07. The number of amides is 2. The number of fused-ring (bicyclic) bond motifs is 1. The number of hydrogen-bond acceptors (Lipinski definition) is 6. The van der Waals surface area contributed by atoms with Crippen LogP contribution in [0.4, 0.5) is 11.4 Å². The van der Waals surface area contributed by atoms with Crippen LogP contribution in [0.5, 0.6) is 0 Å². The molecule has 1 aromatic heterocycles. The van der Waals surface area contributed by atoms with Gasteiger partial charge in [-0.15, -0.1) is 0 Å². The highest BCUT2D eigenvalue weighted by molar-refractivity contribution is 5.97. The van der Waals surface area contributed by atoms with Gasteiger partial charge in [-0.1, -0.05) is 12.1 Å². The number of anilines is 2. The van der Waals surface area contributed by atoms with Crippen molar-refractivity contribution < 1.29 is 19.1 Å². The van der Waals surface area contributed by atoms with Crippen molar-refractivity contribution in [1.29, 1.82) is 0 Å². The highest BCUT2D eigenvalue weighted by atomic mass is 16.5. The van der Waals surface area contributed by atoms with Crippen LogP contribution in [-0.2, 0) is 19.1 Å². The van der Waals surface area contributed by atoms with Crippen LogP contribution < -0.4 is 10.6 Å². The van der Waals surface area contributed by atoms with Crippen LogP contribution in [0.3, 0.4) is 0 Å². The molecule has 0 spiro atoms. The van der Waals surface area contributed by atoms with Gasteiger partial charge in [0.15, 0.2) is 6.10 Å². The number of nitrogens with one attached hydrogen (secondary N) is 2. The number of ether oxygens (including phenoxy) is 1. The maximum Gasteiger partial charge on any atom is 0.331 e. The van der Waals surface area contributed by atoms with Crippen molar-refractivity contribution in [2.24, 2.45) is 0 Å². The van der Waals surface area contributed by atoms with E-state index in [1.807, 2.05) is 24.3 Å². The summed E-state index contributed by atoms with van der Waals surface area (Å²) in [6.45, 7) is 2.88.